The molecule has 0 aliphatic heterocycles. The molecule has 76 valence electrons. The Morgan fingerprint density at radius 1 is 1.50 bits per heavy atom. The zero-order valence-electron chi connectivity index (χ0n) is 8.39. The van der Waals surface area contributed by atoms with Gasteiger partial charge in [-0.1, -0.05) is 0 Å². The largest absolute Gasteiger partial charge is 0.382 e. The van der Waals surface area contributed by atoms with Crippen LogP contribution in [0, 0.1) is 17.8 Å². The monoisotopic (exact) mass is 191 g/mol. The van der Waals surface area contributed by atoms with E-state index in [1.54, 1.807) is 0 Å². The maximum absolute atomic E-state index is 5.55. The fourth-order valence-electron chi connectivity index (χ4n) is 2.50. The third-order valence-corrected chi connectivity index (χ3v) is 3.60. The highest BCUT2D eigenvalue weighted by molar-refractivity contribution is 5.23. The number of nitrogen functional groups attached to an aromatic ring is 1. The summed E-state index contributed by atoms with van der Waals surface area (Å²) in [6.45, 7) is 1.05. The third-order valence-electron chi connectivity index (χ3n) is 3.60. The topological polar surface area (TPSA) is 43.8 Å². The smallest absolute Gasteiger partial charge is 0.145 e. The number of hydrogen-bond acceptors (Lipinski definition) is 2. The van der Waals surface area contributed by atoms with E-state index < -0.39 is 0 Å². The van der Waals surface area contributed by atoms with Gasteiger partial charge in [0.2, 0.25) is 0 Å². The van der Waals surface area contributed by atoms with E-state index in [0.717, 1.165) is 24.3 Å². The van der Waals surface area contributed by atoms with Gasteiger partial charge in [-0.25, -0.2) is 0 Å². The van der Waals surface area contributed by atoms with Crippen LogP contribution in [0.1, 0.15) is 25.7 Å². The van der Waals surface area contributed by atoms with Gasteiger partial charge in [-0.05, 0) is 49.5 Å². The molecular weight excluding hydrogens is 174 g/mol. The summed E-state index contributed by atoms with van der Waals surface area (Å²) in [7, 11) is 0. The van der Waals surface area contributed by atoms with E-state index in [0.29, 0.717) is 5.82 Å². The van der Waals surface area contributed by atoms with E-state index in [4.69, 9.17) is 5.73 Å². The highest BCUT2D eigenvalue weighted by Crippen LogP contribution is 2.55. The van der Waals surface area contributed by atoms with Crippen LogP contribution in [-0.4, -0.2) is 9.78 Å². The Morgan fingerprint density at radius 2 is 2.36 bits per heavy atom. The molecule has 0 saturated heterocycles. The van der Waals surface area contributed by atoms with Crippen molar-refractivity contribution in [3.8, 4) is 0 Å². The SMILES string of the molecule is Nc1ccn(CCC2CC2C2CC2)n1. The van der Waals surface area contributed by atoms with E-state index in [9.17, 15) is 0 Å². The summed E-state index contributed by atoms with van der Waals surface area (Å²) in [5, 5.41) is 4.19. The first-order valence-corrected chi connectivity index (χ1v) is 5.62. The Morgan fingerprint density at radius 3 is 3.00 bits per heavy atom. The third kappa shape index (κ3) is 1.63. The molecule has 3 rings (SSSR count). The van der Waals surface area contributed by atoms with Gasteiger partial charge in [0.05, 0.1) is 0 Å². The predicted molar refractivity (Wildman–Crippen MR) is 55.6 cm³/mol. The second kappa shape index (κ2) is 3.01. The number of anilines is 1. The molecule has 2 unspecified atom stereocenters. The second-order valence-corrected chi connectivity index (χ2v) is 4.79. The molecule has 14 heavy (non-hydrogen) atoms. The van der Waals surface area contributed by atoms with Gasteiger partial charge in [0, 0.05) is 12.7 Å². The van der Waals surface area contributed by atoms with Gasteiger partial charge in [0.1, 0.15) is 5.82 Å². The van der Waals surface area contributed by atoms with E-state index >= 15 is 0 Å². The standard InChI is InChI=1S/C11H17N3/c12-11-4-6-14(13-11)5-3-9-7-10(9)8-1-2-8/h4,6,8-10H,1-3,5,7H2,(H2,12,13). The van der Waals surface area contributed by atoms with E-state index in [1.165, 1.54) is 25.7 Å². The molecule has 2 aliphatic carbocycles. The summed E-state index contributed by atoms with van der Waals surface area (Å²) in [5.41, 5.74) is 5.55. The van der Waals surface area contributed by atoms with Crippen LogP contribution in [0.4, 0.5) is 5.82 Å². The van der Waals surface area contributed by atoms with E-state index in [1.807, 2.05) is 16.9 Å². The lowest BCUT2D eigenvalue weighted by atomic mass is 10.2. The van der Waals surface area contributed by atoms with E-state index in [-0.39, 0.29) is 0 Å². The minimum atomic E-state index is 0.638. The summed E-state index contributed by atoms with van der Waals surface area (Å²) in [5.74, 6) is 3.80. The molecule has 0 aromatic carbocycles. The van der Waals surface area contributed by atoms with Crippen molar-refractivity contribution in [3.63, 3.8) is 0 Å². The van der Waals surface area contributed by atoms with Crippen molar-refractivity contribution in [1.29, 1.82) is 0 Å². The predicted octanol–water partition coefficient (Wildman–Crippen LogP) is 1.90. The number of aromatic nitrogens is 2. The van der Waals surface area contributed by atoms with Crippen molar-refractivity contribution in [1.82, 2.24) is 9.78 Å². The summed E-state index contributed by atoms with van der Waals surface area (Å²) < 4.78 is 1.97. The lowest BCUT2D eigenvalue weighted by molar-refractivity contribution is 0.510. The molecule has 0 bridgehead atoms. The molecule has 1 aromatic heterocycles. The zero-order chi connectivity index (χ0) is 9.54. The average Bonchev–Trinajstić information content (AvgIpc) is 3.03. The number of nitrogens with zero attached hydrogens (tertiary/aromatic N) is 2. The fourth-order valence-corrected chi connectivity index (χ4v) is 2.50. The molecule has 0 spiro atoms. The molecule has 2 N–H and O–H groups in total. The van der Waals surface area contributed by atoms with Crippen LogP contribution in [0.25, 0.3) is 0 Å². The molecule has 2 aliphatic rings. The van der Waals surface area contributed by atoms with Crippen molar-refractivity contribution in [2.45, 2.75) is 32.2 Å². The van der Waals surface area contributed by atoms with Crippen molar-refractivity contribution in [3.05, 3.63) is 12.3 Å². The summed E-state index contributed by atoms with van der Waals surface area (Å²) in [6.07, 6.45) is 7.74. The summed E-state index contributed by atoms with van der Waals surface area (Å²) in [6, 6.07) is 1.87. The number of nitrogens with two attached hydrogens (primary N) is 1. The normalized spacial score (nSPS) is 30.6. The highest BCUT2D eigenvalue weighted by atomic mass is 15.3. The van der Waals surface area contributed by atoms with Crippen molar-refractivity contribution in [2.24, 2.45) is 17.8 Å². The quantitative estimate of drug-likeness (QED) is 0.790. The first-order chi connectivity index (χ1) is 6.83. The number of aryl methyl sites for hydroxylation is 1. The molecule has 1 aromatic rings. The molecule has 0 amide bonds. The maximum Gasteiger partial charge on any atom is 0.145 e. The molecule has 2 saturated carbocycles. The maximum atomic E-state index is 5.55. The van der Waals surface area contributed by atoms with Gasteiger partial charge in [0.15, 0.2) is 0 Å². The number of hydrogen-bond donors (Lipinski definition) is 1. The first kappa shape index (κ1) is 8.33. The van der Waals surface area contributed by atoms with Crippen LogP contribution in [0.2, 0.25) is 0 Å². The van der Waals surface area contributed by atoms with Gasteiger partial charge in [-0.15, -0.1) is 0 Å². The molecule has 3 nitrogen and oxygen atoms in total. The van der Waals surface area contributed by atoms with E-state index in [2.05, 4.69) is 5.10 Å². The Hall–Kier alpha value is -0.990. The Balaban J connectivity index is 1.46. The van der Waals surface area contributed by atoms with Crippen molar-refractivity contribution >= 4 is 5.82 Å². The Bertz CT molecular complexity index is 327. The lowest BCUT2D eigenvalue weighted by Gasteiger charge is -2.00. The molecular formula is C11H17N3. The second-order valence-electron chi connectivity index (χ2n) is 4.79. The molecule has 0 radical (unpaired) electrons. The first-order valence-electron chi connectivity index (χ1n) is 5.62. The lowest BCUT2D eigenvalue weighted by Crippen LogP contribution is -2.01. The van der Waals surface area contributed by atoms with Crippen LogP contribution in [-0.2, 0) is 6.54 Å². The average molecular weight is 191 g/mol. The van der Waals surface area contributed by atoms with Crippen LogP contribution in [0.5, 0.6) is 0 Å². The Labute approximate surface area is 84.3 Å². The van der Waals surface area contributed by atoms with Crippen LogP contribution in [0.15, 0.2) is 12.3 Å². The number of rotatable bonds is 4. The van der Waals surface area contributed by atoms with Crippen LogP contribution < -0.4 is 5.73 Å². The van der Waals surface area contributed by atoms with Gasteiger partial charge in [-0.3, -0.25) is 4.68 Å². The summed E-state index contributed by atoms with van der Waals surface area (Å²) in [4.78, 5) is 0. The summed E-state index contributed by atoms with van der Waals surface area (Å²) >= 11 is 0. The van der Waals surface area contributed by atoms with Crippen LogP contribution >= 0.6 is 0 Å². The van der Waals surface area contributed by atoms with Gasteiger partial charge >= 0.3 is 0 Å². The fraction of sp³-hybridized carbons (Fsp3) is 0.727. The van der Waals surface area contributed by atoms with Gasteiger partial charge in [0.25, 0.3) is 0 Å². The van der Waals surface area contributed by atoms with Gasteiger partial charge in [-0.2, -0.15) is 5.10 Å². The molecule has 2 fully saturated rings. The molecule has 2 atom stereocenters. The van der Waals surface area contributed by atoms with Crippen molar-refractivity contribution < 1.29 is 0 Å². The highest BCUT2D eigenvalue weighted by Gasteiger charge is 2.46. The Kier molecular flexibility index (Phi) is 1.79. The van der Waals surface area contributed by atoms with Gasteiger partial charge < -0.3 is 5.73 Å². The minimum Gasteiger partial charge on any atom is -0.382 e. The molecule has 3 heteroatoms. The zero-order valence-corrected chi connectivity index (χ0v) is 8.39. The molecule has 1 heterocycles. The minimum absolute atomic E-state index is 0.638. The van der Waals surface area contributed by atoms with Crippen LogP contribution in [0.3, 0.4) is 0 Å². The van der Waals surface area contributed by atoms with Crippen molar-refractivity contribution in [2.75, 3.05) is 5.73 Å².